The molecule has 0 saturated heterocycles. The molecule has 1 N–H and O–H groups in total. The zero-order valence-electron chi connectivity index (χ0n) is 9.09. The topological polar surface area (TPSA) is 109 Å². The Balaban J connectivity index is 3.28. The summed E-state index contributed by atoms with van der Waals surface area (Å²) in [4.78, 5) is 21.0. The van der Waals surface area contributed by atoms with Crippen LogP contribution in [0.4, 0.5) is 18.9 Å². The lowest BCUT2D eigenvalue weighted by atomic mass is 10.2. The van der Waals surface area contributed by atoms with Gasteiger partial charge in [-0.3, -0.25) is 14.9 Å². The van der Waals surface area contributed by atoms with Gasteiger partial charge in [-0.2, -0.15) is 18.4 Å². The van der Waals surface area contributed by atoms with E-state index in [2.05, 4.69) is 0 Å². The van der Waals surface area contributed by atoms with Crippen LogP contribution in [-0.4, -0.2) is 26.9 Å². The highest BCUT2D eigenvalue weighted by atomic mass is 19.4. The van der Waals surface area contributed by atoms with Gasteiger partial charge in [0.15, 0.2) is 6.10 Å². The number of aliphatic hydroxyl groups is 1. The van der Waals surface area contributed by atoms with Crippen molar-refractivity contribution in [3.8, 4) is 6.07 Å². The number of aromatic nitrogens is 1. The summed E-state index contributed by atoms with van der Waals surface area (Å²) in [6.45, 7) is -1.22. The number of rotatable bonds is 3. The zero-order valence-corrected chi connectivity index (χ0v) is 9.09. The molecule has 0 aromatic carbocycles. The average molecular weight is 277 g/mol. The normalized spacial score (nSPS) is 12.8. The largest absolute Gasteiger partial charge is 0.416 e. The van der Waals surface area contributed by atoms with E-state index in [9.17, 15) is 28.1 Å². The molecule has 10 heteroatoms. The van der Waals surface area contributed by atoms with Crippen molar-refractivity contribution in [2.75, 3.05) is 0 Å². The molecule has 0 saturated carbocycles. The van der Waals surface area contributed by atoms with E-state index < -0.39 is 40.6 Å². The smallest absolute Gasteiger partial charge is 0.382 e. The predicted octanol–water partition coefficient (Wildman–Crippen LogP) is 0.551. The first-order valence-electron chi connectivity index (χ1n) is 4.70. The molecule has 1 atom stereocenters. The molecule has 19 heavy (non-hydrogen) atoms. The van der Waals surface area contributed by atoms with Crippen LogP contribution in [0.15, 0.2) is 17.1 Å². The fourth-order valence-corrected chi connectivity index (χ4v) is 1.23. The molecule has 1 aromatic heterocycles. The third kappa shape index (κ3) is 3.29. The van der Waals surface area contributed by atoms with E-state index in [-0.39, 0.29) is 4.57 Å². The van der Waals surface area contributed by atoms with Gasteiger partial charge in [0, 0.05) is 6.07 Å². The van der Waals surface area contributed by atoms with E-state index in [0.717, 1.165) is 0 Å². The van der Waals surface area contributed by atoms with E-state index in [1.165, 1.54) is 6.07 Å². The first-order valence-corrected chi connectivity index (χ1v) is 4.70. The molecule has 0 aliphatic rings. The maximum atomic E-state index is 12.1. The van der Waals surface area contributed by atoms with Crippen LogP contribution in [0.1, 0.15) is 5.56 Å². The molecular weight excluding hydrogens is 271 g/mol. The SMILES string of the molecule is N#Cc1cc([N+](=O)[O-])cn(C[C@H](O)C(F)(F)F)c1=O. The van der Waals surface area contributed by atoms with Crippen molar-refractivity contribution in [2.45, 2.75) is 18.8 Å². The summed E-state index contributed by atoms with van der Waals surface area (Å²) in [5.74, 6) is 0. The molecule has 1 aromatic rings. The van der Waals surface area contributed by atoms with Crippen molar-refractivity contribution >= 4 is 5.69 Å². The number of aliphatic hydroxyl groups excluding tert-OH is 1. The number of halogens is 3. The fraction of sp³-hybridized carbons (Fsp3) is 0.333. The molecule has 0 bridgehead atoms. The van der Waals surface area contributed by atoms with Gasteiger partial charge in [-0.25, -0.2) is 0 Å². The molecule has 0 aliphatic carbocycles. The molecule has 0 spiro atoms. The maximum Gasteiger partial charge on any atom is 0.416 e. The molecule has 0 unspecified atom stereocenters. The number of nitriles is 1. The van der Waals surface area contributed by atoms with E-state index >= 15 is 0 Å². The van der Waals surface area contributed by atoms with Gasteiger partial charge >= 0.3 is 6.18 Å². The average Bonchev–Trinajstić information content (AvgIpc) is 2.30. The van der Waals surface area contributed by atoms with Gasteiger partial charge in [-0.05, 0) is 0 Å². The summed E-state index contributed by atoms with van der Waals surface area (Å²) >= 11 is 0. The van der Waals surface area contributed by atoms with Crippen molar-refractivity contribution in [1.82, 2.24) is 4.57 Å². The van der Waals surface area contributed by atoms with Crippen LogP contribution in [0.2, 0.25) is 0 Å². The minimum Gasteiger partial charge on any atom is -0.382 e. The van der Waals surface area contributed by atoms with Crippen LogP contribution in [0, 0.1) is 21.4 Å². The van der Waals surface area contributed by atoms with Crippen molar-refractivity contribution in [3.05, 3.63) is 38.3 Å². The number of hydrogen-bond donors (Lipinski definition) is 1. The van der Waals surface area contributed by atoms with Crippen LogP contribution >= 0.6 is 0 Å². The highest BCUT2D eigenvalue weighted by Gasteiger charge is 2.38. The second-order valence-corrected chi connectivity index (χ2v) is 3.50. The Morgan fingerprint density at radius 1 is 1.58 bits per heavy atom. The van der Waals surface area contributed by atoms with Gasteiger partial charge in [0.1, 0.15) is 11.6 Å². The lowest BCUT2D eigenvalue weighted by molar-refractivity contribution is -0.385. The molecule has 0 aliphatic heterocycles. The van der Waals surface area contributed by atoms with Gasteiger partial charge < -0.3 is 9.67 Å². The van der Waals surface area contributed by atoms with Gasteiger partial charge in [-0.1, -0.05) is 0 Å². The van der Waals surface area contributed by atoms with E-state index in [0.29, 0.717) is 12.3 Å². The number of nitrogens with zero attached hydrogens (tertiary/aromatic N) is 3. The van der Waals surface area contributed by atoms with Crippen molar-refractivity contribution in [3.63, 3.8) is 0 Å². The highest BCUT2D eigenvalue weighted by Crippen LogP contribution is 2.21. The highest BCUT2D eigenvalue weighted by molar-refractivity contribution is 5.37. The van der Waals surface area contributed by atoms with E-state index in [1.807, 2.05) is 0 Å². The fourth-order valence-electron chi connectivity index (χ4n) is 1.23. The van der Waals surface area contributed by atoms with Crippen LogP contribution in [0.3, 0.4) is 0 Å². The van der Waals surface area contributed by atoms with Gasteiger partial charge in [0.25, 0.3) is 11.2 Å². The molecule has 0 amide bonds. The Kier molecular flexibility index (Phi) is 3.91. The minimum atomic E-state index is -4.98. The predicted molar refractivity (Wildman–Crippen MR) is 54.1 cm³/mol. The summed E-state index contributed by atoms with van der Waals surface area (Å²) in [6.07, 6.45) is -7.30. The van der Waals surface area contributed by atoms with E-state index in [1.54, 1.807) is 0 Å². The summed E-state index contributed by atoms with van der Waals surface area (Å²) < 4.78 is 36.7. The molecule has 1 heterocycles. The zero-order chi connectivity index (χ0) is 14.8. The Morgan fingerprint density at radius 2 is 2.16 bits per heavy atom. The third-order valence-corrected chi connectivity index (χ3v) is 2.15. The van der Waals surface area contributed by atoms with Crippen LogP contribution in [0.5, 0.6) is 0 Å². The number of nitro groups is 1. The first-order chi connectivity index (χ1) is 8.66. The molecule has 0 fully saturated rings. The second kappa shape index (κ2) is 5.07. The Morgan fingerprint density at radius 3 is 2.58 bits per heavy atom. The molecule has 7 nitrogen and oxygen atoms in total. The summed E-state index contributed by atoms with van der Waals surface area (Å²) in [5, 5.41) is 27.9. The Labute approximate surface area is 103 Å². The lowest BCUT2D eigenvalue weighted by Crippen LogP contribution is -2.36. The van der Waals surface area contributed by atoms with Crippen molar-refractivity contribution < 1.29 is 23.2 Å². The molecule has 1 rings (SSSR count). The molecular formula is C9H6F3N3O4. The number of hydrogen-bond acceptors (Lipinski definition) is 5. The number of alkyl halides is 3. The van der Waals surface area contributed by atoms with E-state index in [4.69, 9.17) is 10.4 Å². The standard InChI is InChI=1S/C9H6F3N3O4/c10-9(11,12)7(16)4-14-3-6(15(18)19)1-5(2-13)8(14)17/h1,3,7,16H,4H2/t7-/m0/s1. The Bertz CT molecular complexity index is 602. The number of pyridine rings is 1. The van der Waals surface area contributed by atoms with Crippen LogP contribution in [-0.2, 0) is 6.54 Å². The quantitative estimate of drug-likeness (QED) is 0.641. The molecule has 102 valence electrons. The Hall–Kier alpha value is -2.41. The van der Waals surface area contributed by atoms with Gasteiger partial charge in [0.2, 0.25) is 0 Å². The van der Waals surface area contributed by atoms with Gasteiger partial charge in [0.05, 0.1) is 17.7 Å². The van der Waals surface area contributed by atoms with Gasteiger partial charge in [-0.15, -0.1) is 0 Å². The second-order valence-electron chi connectivity index (χ2n) is 3.50. The molecule has 0 radical (unpaired) electrons. The van der Waals surface area contributed by atoms with Crippen molar-refractivity contribution in [2.24, 2.45) is 0 Å². The lowest BCUT2D eigenvalue weighted by Gasteiger charge is -2.15. The maximum absolute atomic E-state index is 12.1. The third-order valence-electron chi connectivity index (χ3n) is 2.15. The monoisotopic (exact) mass is 277 g/mol. The summed E-state index contributed by atoms with van der Waals surface area (Å²) in [7, 11) is 0. The van der Waals surface area contributed by atoms with Crippen LogP contribution in [0.25, 0.3) is 0 Å². The first kappa shape index (κ1) is 14.7. The van der Waals surface area contributed by atoms with Crippen LogP contribution < -0.4 is 5.56 Å². The minimum absolute atomic E-state index is 0.287. The van der Waals surface area contributed by atoms with Crippen molar-refractivity contribution in [1.29, 1.82) is 5.26 Å². The summed E-state index contributed by atoms with van der Waals surface area (Å²) in [5.41, 5.74) is -2.54. The summed E-state index contributed by atoms with van der Waals surface area (Å²) in [6, 6.07) is 1.99.